The van der Waals surface area contributed by atoms with Crippen molar-refractivity contribution in [2.75, 3.05) is 17.7 Å². The number of nitrogens with zero attached hydrogens (tertiary/aromatic N) is 2. The molecule has 2 aromatic rings. The summed E-state index contributed by atoms with van der Waals surface area (Å²) in [6, 6.07) is 6.98. The summed E-state index contributed by atoms with van der Waals surface area (Å²) in [5, 5.41) is 5.63. The molecular weight excluding hydrogens is 296 g/mol. The minimum Gasteiger partial charge on any atom is -0.388 e. The molecule has 0 fully saturated rings. The van der Waals surface area contributed by atoms with E-state index in [0.29, 0.717) is 11.5 Å². The molecule has 0 aromatic carbocycles. The maximum Gasteiger partial charge on any atom is 0.275 e. The van der Waals surface area contributed by atoms with Gasteiger partial charge in [0.15, 0.2) is 0 Å². The van der Waals surface area contributed by atoms with E-state index in [-0.39, 0.29) is 5.91 Å². The summed E-state index contributed by atoms with van der Waals surface area (Å²) in [6.45, 7) is 0. The predicted molar refractivity (Wildman–Crippen MR) is 73.7 cm³/mol. The smallest absolute Gasteiger partial charge is 0.275 e. The van der Waals surface area contributed by atoms with E-state index in [4.69, 9.17) is 0 Å². The van der Waals surface area contributed by atoms with Crippen LogP contribution in [0.3, 0.4) is 0 Å². The zero-order valence-electron chi connectivity index (χ0n) is 9.64. The van der Waals surface area contributed by atoms with Gasteiger partial charge in [0, 0.05) is 29.6 Å². The van der Waals surface area contributed by atoms with E-state index in [1.54, 1.807) is 43.7 Å². The van der Waals surface area contributed by atoms with Crippen molar-refractivity contribution in [1.29, 1.82) is 0 Å². The highest BCUT2D eigenvalue weighted by atomic mass is 79.9. The Hall–Kier alpha value is -1.95. The molecule has 2 rings (SSSR count). The molecule has 5 nitrogen and oxygen atoms in total. The molecule has 0 aliphatic rings. The Kier molecular flexibility index (Phi) is 3.88. The quantitative estimate of drug-likeness (QED) is 0.914. The summed E-state index contributed by atoms with van der Waals surface area (Å²) in [5.74, 6) is 0.196. The number of pyridine rings is 2. The van der Waals surface area contributed by atoms with Gasteiger partial charge in [0.1, 0.15) is 11.5 Å². The van der Waals surface area contributed by atoms with Crippen molar-refractivity contribution in [2.24, 2.45) is 0 Å². The van der Waals surface area contributed by atoms with Gasteiger partial charge in [-0.15, -0.1) is 0 Å². The average Bonchev–Trinajstić information content (AvgIpc) is 2.41. The lowest BCUT2D eigenvalue weighted by Gasteiger charge is -2.05. The molecular formula is C12H11BrN4O. The Morgan fingerprint density at radius 2 is 2.11 bits per heavy atom. The molecule has 2 N–H and O–H groups in total. The molecule has 0 spiro atoms. The van der Waals surface area contributed by atoms with E-state index in [9.17, 15) is 4.79 Å². The van der Waals surface area contributed by atoms with Crippen LogP contribution in [0.15, 0.2) is 41.1 Å². The number of aromatic nitrogens is 2. The number of carbonyl (C=O) groups is 1. The molecule has 0 bridgehead atoms. The van der Waals surface area contributed by atoms with E-state index in [0.717, 1.165) is 10.2 Å². The molecule has 0 unspecified atom stereocenters. The van der Waals surface area contributed by atoms with Crippen molar-refractivity contribution < 1.29 is 4.79 Å². The Balaban J connectivity index is 2.14. The molecule has 2 aromatic heterocycles. The third kappa shape index (κ3) is 3.04. The topological polar surface area (TPSA) is 66.9 Å². The Morgan fingerprint density at radius 1 is 1.28 bits per heavy atom. The SMILES string of the molecule is CNc1ccnc(C(=O)Nc2ccc(Br)cn2)c1. The van der Waals surface area contributed by atoms with Gasteiger partial charge in [0.2, 0.25) is 0 Å². The van der Waals surface area contributed by atoms with Gasteiger partial charge in [-0.25, -0.2) is 4.98 Å². The van der Waals surface area contributed by atoms with Crippen LogP contribution < -0.4 is 10.6 Å². The van der Waals surface area contributed by atoms with Gasteiger partial charge >= 0.3 is 0 Å². The summed E-state index contributed by atoms with van der Waals surface area (Å²) < 4.78 is 0.857. The van der Waals surface area contributed by atoms with Crippen LogP contribution in [-0.4, -0.2) is 22.9 Å². The second kappa shape index (κ2) is 5.59. The Bertz CT molecular complexity index is 556. The number of anilines is 2. The summed E-state index contributed by atoms with van der Waals surface area (Å²) >= 11 is 3.28. The Labute approximate surface area is 113 Å². The van der Waals surface area contributed by atoms with Gasteiger partial charge in [-0.05, 0) is 40.2 Å². The molecule has 0 saturated heterocycles. The second-order valence-electron chi connectivity index (χ2n) is 3.50. The second-order valence-corrected chi connectivity index (χ2v) is 4.41. The number of halogens is 1. The molecule has 0 aliphatic heterocycles. The van der Waals surface area contributed by atoms with Crippen molar-refractivity contribution >= 4 is 33.3 Å². The number of hydrogen-bond acceptors (Lipinski definition) is 4. The third-order valence-corrected chi connectivity index (χ3v) is 2.72. The fraction of sp³-hybridized carbons (Fsp3) is 0.0833. The third-order valence-electron chi connectivity index (χ3n) is 2.25. The summed E-state index contributed by atoms with van der Waals surface area (Å²) in [5.41, 5.74) is 1.17. The highest BCUT2D eigenvalue weighted by Crippen LogP contribution is 2.12. The Morgan fingerprint density at radius 3 is 2.78 bits per heavy atom. The van der Waals surface area contributed by atoms with Crippen LogP contribution in [-0.2, 0) is 0 Å². The van der Waals surface area contributed by atoms with Crippen molar-refractivity contribution in [3.63, 3.8) is 0 Å². The molecule has 1 amide bonds. The van der Waals surface area contributed by atoms with Crippen molar-refractivity contribution in [3.05, 3.63) is 46.8 Å². The molecule has 0 atom stereocenters. The van der Waals surface area contributed by atoms with Crippen molar-refractivity contribution in [1.82, 2.24) is 9.97 Å². The van der Waals surface area contributed by atoms with Crippen molar-refractivity contribution in [3.8, 4) is 0 Å². The van der Waals surface area contributed by atoms with E-state index in [1.165, 1.54) is 0 Å². The maximum absolute atomic E-state index is 11.9. The van der Waals surface area contributed by atoms with E-state index >= 15 is 0 Å². The lowest BCUT2D eigenvalue weighted by Crippen LogP contribution is -2.14. The fourth-order valence-corrected chi connectivity index (χ4v) is 1.57. The molecule has 6 heteroatoms. The van der Waals surface area contributed by atoms with Gasteiger partial charge < -0.3 is 10.6 Å². The van der Waals surface area contributed by atoms with Gasteiger partial charge in [0.05, 0.1) is 0 Å². The lowest BCUT2D eigenvalue weighted by molar-refractivity contribution is 0.102. The standard InChI is InChI=1S/C12H11BrN4O/c1-14-9-4-5-15-10(6-9)12(18)17-11-3-2-8(13)7-16-11/h2-7H,1H3,(H,14,15)(H,16,17,18). The van der Waals surface area contributed by atoms with Gasteiger partial charge in [-0.3, -0.25) is 9.78 Å². The van der Waals surface area contributed by atoms with Gasteiger partial charge in [0.25, 0.3) is 5.91 Å². The highest BCUT2D eigenvalue weighted by Gasteiger charge is 2.08. The summed E-state index contributed by atoms with van der Waals surface area (Å²) in [7, 11) is 1.79. The largest absolute Gasteiger partial charge is 0.388 e. The molecule has 0 aliphatic carbocycles. The molecule has 0 saturated carbocycles. The summed E-state index contributed by atoms with van der Waals surface area (Å²) in [4.78, 5) is 20.0. The molecule has 92 valence electrons. The monoisotopic (exact) mass is 306 g/mol. The summed E-state index contributed by atoms with van der Waals surface area (Å²) in [6.07, 6.45) is 3.20. The zero-order chi connectivity index (χ0) is 13.0. The minimum absolute atomic E-state index is 0.290. The first-order valence-corrected chi connectivity index (χ1v) is 6.05. The van der Waals surface area contributed by atoms with Crippen LogP contribution in [0.2, 0.25) is 0 Å². The highest BCUT2D eigenvalue weighted by molar-refractivity contribution is 9.10. The minimum atomic E-state index is -0.290. The van der Waals surface area contributed by atoms with Crippen molar-refractivity contribution in [2.45, 2.75) is 0 Å². The van der Waals surface area contributed by atoms with Crippen LogP contribution in [0.5, 0.6) is 0 Å². The number of carbonyl (C=O) groups excluding carboxylic acids is 1. The first-order valence-electron chi connectivity index (χ1n) is 5.26. The van der Waals surface area contributed by atoms with Crippen LogP contribution in [0.25, 0.3) is 0 Å². The van der Waals surface area contributed by atoms with E-state index in [2.05, 4.69) is 36.5 Å². The number of hydrogen-bond donors (Lipinski definition) is 2. The van der Waals surface area contributed by atoms with Gasteiger partial charge in [-0.2, -0.15) is 0 Å². The van der Waals surface area contributed by atoms with E-state index in [1.807, 2.05) is 0 Å². The van der Waals surface area contributed by atoms with Crippen LogP contribution in [0.4, 0.5) is 11.5 Å². The molecule has 0 radical (unpaired) electrons. The number of nitrogens with one attached hydrogen (secondary N) is 2. The first kappa shape index (κ1) is 12.5. The number of amides is 1. The molecule has 18 heavy (non-hydrogen) atoms. The van der Waals surface area contributed by atoms with Crippen LogP contribution >= 0.6 is 15.9 Å². The van der Waals surface area contributed by atoms with Crippen LogP contribution in [0.1, 0.15) is 10.5 Å². The maximum atomic E-state index is 11.9. The average molecular weight is 307 g/mol. The lowest BCUT2D eigenvalue weighted by atomic mass is 10.3. The zero-order valence-corrected chi connectivity index (χ0v) is 11.2. The van der Waals surface area contributed by atoms with E-state index < -0.39 is 0 Å². The first-order chi connectivity index (χ1) is 8.69. The van der Waals surface area contributed by atoms with Crippen LogP contribution in [0, 0.1) is 0 Å². The fourth-order valence-electron chi connectivity index (χ4n) is 1.34. The number of rotatable bonds is 3. The van der Waals surface area contributed by atoms with Gasteiger partial charge in [-0.1, -0.05) is 0 Å². The normalized spacial score (nSPS) is 9.89. The molecule has 2 heterocycles. The predicted octanol–water partition coefficient (Wildman–Crippen LogP) is 2.53.